The van der Waals surface area contributed by atoms with Gasteiger partial charge in [-0.3, -0.25) is 0 Å². The van der Waals surface area contributed by atoms with Crippen molar-refractivity contribution in [1.82, 2.24) is 0 Å². The highest BCUT2D eigenvalue weighted by atomic mass is 16.3. The van der Waals surface area contributed by atoms with Crippen LogP contribution in [0.1, 0.15) is 204 Å². The Labute approximate surface area is 353 Å². The average Bonchev–Trinajstić information content (AvgIpc) is 3.73. The summed E-state index contributed by atoms with van der Waals surface area (Å²) in [5.41, 5.74) is 5.11. The molecule has 2 nitrogen and oxygen atoms in total. The summed E-state index contributed by atoms with van der Waals surface area (Å²) in [5, 5.41) is 20.4. The van der Waals surface area contributed by atoms with Crippen LogP contribution in [0.2, 0.25) is 0 Å². The molecule has 8 rings (SSSR count). The van der Waals surface area contributed by atoms with Gasteiger partial charge in [-0.15, -0.1) is 12.3 Å². The van der Waals surface area contributed by atoms with Gasteiger partial charge in [0.15, 0.2) is 0 Å². The lowest BCUT2D eigenvalue weighted by Crippen LogP contribution is -2.50. The van der Waals surface area contributed by atoms with Gasteiger partial charge in [0.05, 0.1) is 12.2 Å². The van der Waals surface area contributed by atoms with Crippen LogP contribution in [0.25, 0.3) is 0 Å². The fourth-order valence-corrected chi connectivity index (χ4v) is 17.4. The first-order valence-corrected chi connectivity index (χ1v) is 25.3. The maximum absolute atomic E-state index is 10.2. The molecule has 0 spiro atoms. The standard InChI is InChI=1S/C28H44O.C27H46O/c1-6-20(7-2)9-8-19(3)24-12-13-25-23-11-10-21-18-22(29)14-16-27(21,4)26(23)15-17-28(24,25)5;1-18(2)7-6-8-19(3)23-11-12-24-22-10-9-20-17-21(28)13-15-26(20,4)25(22)14-16-27(23,24)5/h1,10,19-20,22-26,29H,7-9,11-18H2,2-5H3;9,18-19,21-25,28H,6-8,10-17H2,1-5H3. The quantitative estimate of drug-likeness (QED) is 0.171. The first kappa shape index (κ1) is 44.0. The van der Waals surface area contributed by atoms with Crippen LogP contribution >= 0.6 is 0 Å². The Hall–Kier alpha value is -1.04. The van der Waals surface area contributed by atoms with Crippen LogP contribution in [0.5, 0.6) is 0 Å². The molecule has 0 aliphatic heterocycles. The van der Waals surface area contributed by atoms with Crippen molar-refractivity contribution in [2.24, 2.45) is 92.7 Å². The molecule has 17 atom stereocenters. The lowest BCUT2D eigenvalue weighted by atomic mass is 9.47. The van der Waals surface area contributed by atoms with Crippen molar-refractivity contribution in [3.63, 3.8) is 0 Å². The van der Waals surface area contributed by atoms with E-state index < -0.39 is 0 Å². The number of terminal acetylenes is 1. The van der Waals surface area contributed by atoms with Crippen molar-refractivity contribution in [3.8, 4) is 12.3 Å². The van der Waals surface area contributed by atoms with Gasteiger partial charge in [0.2, 0.25) is 0 Å². The van der Waals surface area contributed by atoms with Crippen molar-refractivity contribution < 1.29 is 10.2 Å². The van der Waals surface area contributed by atoms with Crippen LogP contribution < -0.4 is 0 Å². The van der Waals surface area contributed by atoms with Gasteiger partial charge in [-0.1, -0.05) is 105 Å². The zero-order valence-electron chi connectivity index (χ0n) is 38.8. The van der Waals surface area contributed by atoms with E-state index in [9.17, 15) is 10.2 Å². The van der Waals surface area contributed by atoms with Gasteiger partial charge in [-0.2, -0.15) is 0 Å². The summed E-state index contributed by atoms with van der Waals surface area (Å²) in [6, 6.07) is 0. The van der Waals surface area contributed by atoms with Gasteiger partial charge in [0, 0.05) is 5.92 Å². The minimum atomic E-state index is -0.0913. The van der Waals surface area contributed by atoms with Crippen molar-refractivity contribution in [2.75, 3.05) is 0 Å². The van der Waals surface area contributed by atoms with Crippen LogP contribution in [0, 0.1) is 105 Å². The Morgan fingerprint density at radius 2 is 1.09 bits per heavy atom. The van der Waals surface area contributed by atoms with E-state index in [0.29, 0.717) is 27.6 Å². The van der Waals surface area contributed by atoms with Crippen LogP contribution in [-0.4, -0.2) is 22.4 Å². The van der Waals surface area contributed by atoms with Crippen molar-refractivity contribution in [2.45, 2.75) is 216 Å². The monoisotopic (exact) mass is 783 g/mol. The van der Waals surface area contributed by atoms with E-state index in [1.54, 1.807) is 11.1 Å². The summed E-state index contributed by atoms with van der Waals surface area (Å²) in [4.78, 5) is 0. The molecule has 2 heteroatoms. The first-order valence-electron chi connectivity index (χ1n) is 25.3. The van der Waals surface area contributed by atoms with E-state index in [4.69, 9.17) is 6.42 Å². The molecule has 8 aliphatic carbocycles. The van der Waals surface area contributed by atoms with Gasteiger partial charge in [-0.25, -0.2) is 0 Å². The summed E-state index contributed by atoms with van der Waals surface area (Å²) in [6.45, 7) is 22.5. The van der Waals surface area contributed by atoms with Gasteiger partial charge in [0.1, 0.15) is 0 Å². The van der Waals surface area contributed by atoms with Gasteiger partial charge in [-0.05, 0) is 209 Å². The second-order valence-corrected chi connectivity index (χ2v) is 23.9. The van der Waals surface area contributed by atoms with Gasteiger partial charge >= 0.3 is 0 Å². The van der Waals surface area contributed by atoms with E-state index in [0.717, 1.165) is 97.2 Å². The summed E-state index contributed by atoms with van der Waals surface area (Å²) in [5.74, 6) is 13.3. The van der Waals surface area contributed by atoms with E-state index in [2.05, 4.69) is 80.4 Å². The zero-order chi connectivity index (χ0) is 40.9. The molecule has 8 aliphatic rings. The fourth-order valence-electron chi connectivity index (χ4n) is 17.4. The minimum Gasteiger partial charge on any atom is -0.393 e. The molecule has 0 aromatic heterocycles. The molecule has 0 bridgehead atoms. The molecule has 0 aromatic rings. The normalized spacial score (nSPS) is 46.2. The predicted octanol–water partition coefficient (Wildman–Crippen LogP) is 14.4. The third-order valence-electron chi connectivity index (χ3n) is 20.8. The third-order valence-corrected chi connectivity index (χ3v) is 20.8. The maximum Gasteiger partial charge on any atom is 0.0577 e. The van der Waals surface area contributed by atoms with Crippen molar-refractivity contribution >= 4 is 0 Å². The molecular formula is C55H90O2. The molecule has 0 heterocycles. The highest BCUT2D eigenvalue weighted by Gasteiger charge is 2.60. The fraction of sp³-hybridized carbons (Fsp3) is 0.891. The Morgan fingerprint density at radius 3 is 1.53 bits per heavy atom. The van der Waals surface area contributed by atoms with Crippen molar-refractivity contribution in [3.05, 3.63) is 23.3 Å². The highest BCUT2D eigenvalue weighted by Crippen LogP contribution is 2.69. The number of fused-ring (bicyclic) bond motifs is 10. The molecule has 0 saturated heterocycles. The summed E-state index contributed by atoms with van der Waals surface area (Å²) in [7, 11) is 0. The second kappa shape index (κ2) is 17.4. The smallest absolute Gasteiger partial charge is 0.0577 e. The van der Waals surface area contributed by atoms with Crippen molar-refractivity contribution in [1.29, 1.82) is 0 Å². The zero-order valence-corrected chi connectivity index (χ0v) is 38.8. The molecule has 0 aromatic carbocycles. The Balaban J connectivity index is 0.000000174. The minimum absolute atomic E-state index is 0.0766. The Bertz CT molecular complexity index is 1480. The van der Waals surface area contributed by atoms with E-state index >= 15 is 0 Å². The number of hydrogen-bond acceptors (Lipinski definition) is 2. The maximum atomic E-state index is 10.2. The third kappa shape index (κ3) is 8.10. The average molecular weight is 783 g/mol. The molecule has 2 N–H and O–H groups in total. The van der Waals surface area contributed by atoms with E-state index in [1.165, 1.54) is 109 Å². The summed E-state index contributed by atoms with van der Waals surface area (Å²) < 4.78 is 0. The first-order chi connectivity index (χ1) is 27.1. The number of hydrogen-bond donors (Lipinski definition) is 2. The number of allylic oxidation sites excluding steroid dienone is 2. The predicted molar refractivity (Wildman–Crippen MR) is 241 cm³/mol. The number of aliphatic hydroxyl groups excluding tert-OH is 2. The van der Waals surface area contributed by atoms with Crippen LogP contribution in [0.15, 0.2) is 23.3 Å². The lowest BCUT2D eigenvalue weighted by molar-refractivity contribution is -0.0573. The molecule has 6 saturated carbocycles. The molecule has 6 fully saturated rings. The van der Waals surface area contributed by atoms with E-state index in [-0.39, 0.29) is 12.2 Å². The van der Waals surface area contributed by atoms with Gasteiger partial charge < -0.3 is 10.2 Å². The SMILES string of the molecule is C#CC(CC)CCC(C)C1CCC2C3CC=C4CC(O)CCC4(C)C3CCC12C.CC(C)CCCC(C)C1CCC2C3CC=C4CC(O)CCC4(C)C3CCC12C. The van der Waals surface area contributed by atoms with Crippen LogP contribution in [0.3, 0.4) is 0 Å². The number of rotatable bonds is 10. The Morgan fingerprint density at radius 1 is 0.614 bits per heavy atom. The van der Waals surface area contributed by atoms with Crippen LogP contribution in [-0.2, 0) is 0 Å². The molecular weight excluding hydrogens is 693 g/mol. The molecule has 0 amide bonds. The molecule has 17 unspecified atom stereocenters. The van der Waals surface area contributed by atoms with Crippen LogP contribution in [0.4, 0.5) is 0 Å². The summed E-state index contributed by atoms with van der Waals surface area (Å²) >= 11 is 0. The van der Waals surface area contributed by atoms with E-state index in [1.807, 2.05) is 0 Å². The second-order valence-electron chi connectivity index (χ2n) is 23.9. The van der Waals surface area contributed by atoms with Gasteiger partial charge in [0.25, 0.3) is 0 Å². The topological polar surface area (TPSA) is 40.5 Å². The molecule has 57 heavy (non-hydrogen) atoms. The lowest BCUT2D eigenvalue weighted by Gasteiger charge is -2.58. The number of aliphatic hydroxyl groups is 2. The molecule has 322 valence electrons. The Kier molecular flexibility index (Phi) is 13.4. The highest BCUT2D eigenvalue weighted by molar-refractivity contribution is 5.27. The summed E-state index contributed by atoms with van der Waals surface area (Å²) in [6.07, 6.45) is 39.2. The molecule has 0 radical (unpaired) electrons. The largest absolute Gasteiger partial charge is 0.393 e.